The summed E-state index contributed by atoms with van der Waals surface area (Å²) in [6.07, 6.45) is -0.220. The van der Waals surface area contributed by atoms with Crippen molar-refractivity contribution in [3.8, 4) is 0 Å². The van der Waals surface area contributed by atoms with Crippen LogP contribution in [0.4, 0.5) is 4.79 Å². The average molecular weight is 187 g/mol. The van der Waals surface area contributed by atoms with Gasteiger partial charge in [-0.15, -0.1) is 0 Å². The van der Waals surface area contributed by atoms with Gasteiger partial charge in [-0.1, -0.05) is 27.7 Å². The van der Waals surface area contributed by atoms with Gasteiger partial charge in [-0.2, -0.15) is 0 Å². The molecule has 0 rings (SSSR count). The molecule has 0 fully saturated rings. The summed E-state index contributed by atoms with van der Waals surface area (Å²) >= 11 is 0. The Hall–Kier alpha value is -0.730. The Morgan fingerprint density at radius 2 is 1.77 bits per heavy atom. The second-order valence-electron chi connectivity index (χ2n) is 4.25. The number of hydrogen-bond acceptors (Lipinski definition) is 2. The van der Waals surface area contributed by atoms with Crippen molar-refractivity contribution < 1.29 is 9.53 Å². The molecular weight excluding hydrogens is 166 g/mol. The van der Waals surface area contributed by atoms with Crippen LogP contribution in [0.5, 0.6) is 0 Å². The molecule has 0 bridgehead atoms. The summed E-state index contributed by atoms with van der Waals surface area (Å²) in [5.74, 6) is 0.882. The van der Waals surface area contributed by atoms with Crippen molar-refractivity contribution >= 4 is 6.09 Å². The molecule has 0 aliphatic rings. The molecule has 0 N–H and O–H groups in total. The molecule has 0 radical (unpaired) electrons. The SMILES string of the molecule is CC(C)COC(=O)N(C)CC(C)C. The van der Waals surface area contributed by atoms with Crippen LogP contribution in [0.15, 0.2) is 0 Å². The predicted octanol–water partition coefficient (Wildman–Crippen LogP) is 2.37. The van der Waals surface area contributed by atoms with Gasteiger partial charge in [0, 0.05) is 13.6 Å². The number of rotatable bonds is 4. The molecule has 0 saturated carbocycles. The molecule has 3 heteroatoms. The average Bonchev–Trinajstić information content (AvgIpc) is 1.98. The summed E-state index contributed by atoms with van der Waals surface area (Å²) < 4.78 is 5.05. The Labute approximate surface area is 81.1 Å². The number of carbonyl (C=O) groups excluding carboxylic acids is 1. The summed E-state index contributed by atoms with van der Waals surface area (Å²) in [7, 11) is 1.77. The maximum absolute atomic E-state index is 11.3. The molecule has 0 aromatic carbocycles. The molecule has 13 heavy (non-hydrogen) atoms. The minimum atomic E-state index is -0.220. The Morgan fingerprint density at radius 3 is 2.15 bits per heavy atom. The van der Waals surface area contributed by atoms with E-state index in [0.717, 1.165) is 6.54 Å². The Bertz CT molecular complexity index is 155. The van der Waals surface area contributed by atoms with Crippen molar-refractivity contribution in [3.63, 3.8) is 0 Å². The van der Waals surface area contributed by atoms with Crippen LogP contribution in [-0.2, 0) is 4.74 Å². The molecule has 1 amide bonds. The van der Waals surface area contributed by atoms with E-state index in [0.29, 0.717) is 18.4 Å². The normalized spacial score (nSPS) is 10.7. The molecule has 0 heterocycles. The summed E-state index contributed by atoms with van der Waals surface area (Å²) in [4.78, 5) is 12.9. The largest absolute Gasteiger partial charge is 0.449 e. The second kappa shape index (κ2) is 5.84. The zero-order chi connectivity index (χ0) is 10.4. The van der Waals surface area contributed by atoms with Gasteiger partial charge < -0.3 is 9.64 Å². The van der Waals surface area contributed by atoms with E-state index in [9.17, 15) is 4.79 Å². The maximum Gasteiger partial charge on any atom is 0.409 e. The Balaban J connectivity index is 3.69. The van der Waals surface area contributed by atoms with E-state index in [4.69, 9.17) is 4.74 Å². The lowest BCUT2D eigenvalue weighted by atomic mass is 10.2. The fraction of sp³-hybridized carbons (Fsp3) is 0.900. The van der Waals surface area contributed by atoms with Crippen molar-refractivity contribution in [1.82, 2.24) is 4.90 Å². The zero-order valence-corrected chi connectivity index (χ0v) is 9.33. The topological polar surface area (TPSA) is 29.5 Å². The van der Waals surface area contributed by atoms with E-state index in [2.05, 4.69) is 13.8 Å². The van der Waals surface area contributed by atoms with Crippen LogP contribution in [-0.4, -0.2) is 31.2 Å². The van der Waals surface area contributed by atoms with Crippen molar-refractivity contribution in [2.24, 2.45) is 11.8 Å². The van der Waals surface area contributed by atoms with Crippen molar-refractivity contribution in [2.45, 2.75) is 27.7 Å². The number of hydrogen-bond donors (Lipinski definition) is 0. The first kappa shape index (κ1) is 12.3. The number of ether oxygens (including phenoxy) is 1. The van der Waals surface area contributed by atoms with E-state index < -0.39 is 0 Å². The van der Waals surface area contributed by atoms with Gasteiger partial charge in [-0.3, -0.25) is 0 Å². The van der Waals surface area contributed by atoms with Crippen LogP contribution >= 0.6 is 0 Å². The van der Waals surface area contributed by atoms with Crippen LogP contribution in [0, 0.1) is 11.8 Å². The summed E-state index contributed by atoms with van der Waals surface area (Å²) in [5, 5.41) is 0. The molecule has 0 unspecified atom stereocenters. The van der Waals surface area contributed by atoms with E-state index in [1.54, 1.807) is 11.9 Å². The molecule has 0 spiro atoms. The van der Waals surface area contributed by atoms with Gasteiger partial charge >= 0.3 is 6.09 Å². The first-order valence-corrected chi connectivity index (χ1v) is 4.81. The lowest BCUT2D eigenvalue weighted by Gasteiger charge is -2.19. The number of nitrogens with zero attached hydrogens (tertiary/aromatic N) is 1. The summed E-state index contributed by atoms with van der Waals surface area (Å²) in [6, 6.07) is 0. The van der Waals surface area contributed by atoms with Crippen molar-refractivity contribution in [1.29, 1.82) is 0 Å². The highest BCUT2D eigenvalue weighted by molar-refractivity contribution is 5.67. The maximum atomic E-state index is 11.3. The zero-order valence-electron chi connectivity index (χ0n) is 9.33. The molecule has 0 aromatic heterocycles. The van der Waals surface area contributed by atoms with Gasteiger partial charge in [0.25, 0.3) is 0 Å². The molecule has 78 valence electrons. The van der Waals surface area contributed by atoms with Crippen LogP contribution in [0.25, 0.3) is 0 Å². The van der Waals surface area contributed by atoms with Crippen LogP contribution < -0.4 is 0 Å². The molecule has 0 saturated heterocycles. The van der Waals surface area contributed by atoms with Crippen LogP contribution in [0.1, 0.15) is 27.7 Å². The van der Waals surface area contributed by atoms with E-state index in [-0.39, 0.29) is 6.09 Å². The molecule has 3 nitrogen and oxygen atoms in total. The standard InChI is InChI=1S/C10H21NO2/c1-8(2)6-11(5)10(12)13-7-9(3)4/h8-9H,6-7H2,1-5H3. The molecule has 0 aromatic rings. The van der Waals surface area contributed by atoms with Gasteiger partial charge in [0.2, 0.25) is 0 Å². The number of amides is 1. The highest BCUT2D eigenvalue weighted by Crippen LogP contribution is 2.00. The minimum Gasteiger partial charge on any atom is -0.449 e. The van der Waals surface area contributed by atoms with Gasteiger partial charge in [-0.25, -0.2) is 4.79 Å². The van der Waals surface area contributed by atoms with Gasteiger partial charge in [-0.05, 0) is 11.8 Å². The van der Waals surface area contributed by atoms with E-state index >= 15 is 0 Å². The van der Waals surface area contributed by atoms with Crippen LogP contribution in [0.3, 0.4) is 0 Å². The first-order chi connectivity index (χ1) is 5.93. The first-order valence-electron chi connectivity index (χ1n) is 4.81. The summed E-state index contributed by atoms with van der Waals surface area (Å²) in [5.41, 5.74) is 0. The third-order valence-electron chi connectivity index (χ3n) is 1.49. The lowest BCUT2D eigenvalue weighted by molar-refractivity contribution is 0.0966. The predicted molar refractivity (Wildman–Crippen MR) is 53.7 cm³/mol. The fourth-order valence-corrected chi connectivity index (χ4v) is 0.970. The van der Waals surface area contributed by atoms with Gasteiger partial charge in [0.1, 0.15) is 0 Å². The molecule has 0 aliphatic carbocycles. The Kier molecular flexibility index (Phi) is 5.51. The molecule has 0 atom stereocenters. The minimum absolute atomic E-state index is 0.220. The third kappa shape index (κ3) is 6.43. The molecule has 0 aliphatic heterocycles. The van der Waals surface area contributed by atoms with Crippen molar-refractivity contribution in [2.75, 3.05) is 20.2 Å². The molecular formula is C10H21NO2. The highest BCUT2D eigenvalue weighted by Gasteiger charge is 2.11. The summed E-state index contributed by atoms with van der Waals surface area (Å²) in [6.45, 7) is 9.45. The lowest BCUT2D eigenvalue weighted by Crippen LogP contribution is -2.31. The quantitative estimate of drug-likeness (QED) is 0.676. The monoisotopic (exact) mass is 187 g/mol. The van der Waals surface area contributed by atoms with Crippen LogP contribution in [0.2, 0.25) is 0 Å². The van der Waals surface area contributed by atoms with E-state index in [1.807, 2.05) is 13.8 Å². The smallest absolute Gasteiger partial charge is 0.409 e. The highest BCUT2D eigenvalue weighted by atomic mass is 16.6. The van der Waals surface area contributed by atoms with Gasteiger partial charge in [0.15, 0.2) is 0 Å². The third-order valence-corrected chi connectivity index (χ3v) is 1.49. The number of carbonyl (C=O) groups is 1. The Morgan fingerprint density at radius 1 is 1.23 bits per heavy atom. The van der Waals surface area contributed by atoms with Gasteiger partial charge in [0.05, 0.1) is 6.61 Å². The second-order valence-corrected chi connectivity index (χ2v) is 4.25. The fourth-order valence-electron chi connectivity index (χ4n) is 0.970. The van der Waals surface area contributed by atoms with E-state index in [1.165, 1.54) is 0 Å². The van der Waals surface area contributed by atoms with Crippen molar-refractivity contribution in [3.05, 3.63) is 0 Å².